The summed E-state index contributed by atoms with van der Waals surface area (Å²) in [4.78, 5) is 29.1. The largest absolute Gasteiger partial charge is 0.468 e. The summed E-state index contributed by atoms with van der Waals surface area (Å²) in [7, 11) is 1.39. The van der Waals surface area contributed by atoms with Crippen LogP contribution in [0.2, 0.25) is 5.02 Å². The number of hydrogen-bond acceptors (Lipinski definition) is 4. The minimum absolute atomic E-state index is 0.0285. The lowest BCUT2D eigenvalue weighted by molar-refractivity contribution is -0.148. The van der Waals surface area contributed by atoms with E-state index in [-0.39, 0.29) is 11.9 Å². The van der Waals surface area contributed by atoms with Crippen molar-refractivity contribution in [1.82, 2.24) is 9.80 Å². The van der Waals surface area contributed by atoms with Crippen LogP contribution in [0.3, 0.4) is 0 Å². The molecule has 0 bridgehead atoms. The molecule has 2 aromatic rings. The number of carbonyl (C=O) groups is 2. The van der Waals surface area contributed by atoms with Gasteiger partial charge in [0.05, 0.1) is 12.7 Å². The SMILES string of the molecule is COC(=O)C(c1ccc(Cl)cc1)N1CCN(C(=O)c2ccccc2I)CC1. The predicted molar refractivity (Wildman–Crippen MR) is 113 cm³/mol. The van der Waals surface area contributed by atoms with Crippen LogP contribution in [-0.4, -0.2) is 55.0 Å². The summed E-state index contributed by atoms with van der Waals surface area (Å²) in [5.74, 6) is -0.282. The van der Waals surface area contributed by atoms with Crippen LogP contribution in [0, 0.1) is 3.57 Å². The van der Waals surface area contributed by atoms with Crippen LogP contribution in [-0.2, 0) is 9.53 Å². The van der Waals surface area contributed by atoms with Crippen molar-refractivity contribution in [2.24, 2.45) is 0 Å². The van der Waals surface area contributed by atoms with E-state index in [9.17, 15) is 9.59 Å². The summed E-state index contributed by atoms with van der Waals surface area (Å²) in [6, 6.07) is 14.3. The summed E-state index contributed by atoms with van der Waals surface area (Å²) < 4.78 is 5.96. The molecule has 0 aliphatic carbocycles. The summed E-state index contributed by atoms with van der Waals surface area (Å²) in [5, 5.41) is 0.621. The number of ether oxygens (including phenoxy) is 1. The second kappa shape index (κ2) is 9.03. The Labute approximate surface area is 177 Å². The van der Waals surface area contributed by atoms with Crippen molar-refractivity contribution in [1.29, 1.82) is 0 Å². The molecule has 1 saturated heterocycles. The zero-order chi connectivity index (χ0) is 19.4. The van der Waals surface area contributed by atoms with E-state index in [0.717, 1.165) is 9.13 Å². The van der Waals surface area contributed by atoms with E-state index < -0.39 is 6.04 Å². The number of piperazine rings is 1. The molecule has 2 aromatic carbocycles. The van der Waals surface area contributed by atoms with Crippen molar-refractivity contribution < 1.29 is 14.3 Å². The van der Waals surface area contributed by atoms with E-state index in [2.05, 4.69) is 27.5 Å². The van der Waals surface area contributed by atoms with Crippen LogP contribution < -0.4 is 0 Å². The molecule has 5 nitrogen and oxygen atoms in total. The third-order valence-corrected chi connectivity index (χ3v) is 5.87. The maximum Gasteiger partial charge on any atom is 0.327 e. The number of carbonyl (C=O) groups excluding carboxylic acids is 2. The first-order valence-corrected chi connectivity index (χ1v) is 10.1. The number of halogens is 2. The van der Waals surface area contributed by atoms with Gasteiger partial charge in [-0.05, 0) is 52.4 Å². The average Bonchev–Trinajstić information content (AvgIpc) is 2.70. The molecule has 1 aliphatic heterocycles. The molecule has 0 N–H and O–H groups in total. The van der Waals surface area contributed by atoms with Crippen LogP contribution in [0.25, 0.3) is 0 Å². The first kappa shape index (κ1) is 20.1. The van der Waals surface area contributed by atoms with Crippen LogP contribution in [0.4, 0.5) is 0 Å². The van der Waals surface area contributed by atoms with Gasteiger partial charge in [0.25, 0.3) is 5.91 Å². The molecule has 142 valence electrons. The Morgan fingerprint density at radius 3 is 2.26 bits per heavy atom. The van der Waals surface area contributed by atoms with Gasteiger partial charge >= 0.3 is 5.97 Å². The van der Waals surface area contributed by atoms with Gasteiger partial charge in [-0.15, -0.1) is 0 Å². The third-order valence-electron chi connectivity index (χ3n) is 4.68. The molecule has 1 aliphatic rings. The lowest BCUT2D eigenvalue weighted by atomic mass is 10.0. The number of benzene rings is 2. The predicted octanol–water partition coefficient (Wildman–Crippen LogP) is 3.62. The molecule has 0 saturated carbocycles. The molecule has 1 unspecified atom stereocenters. The third kappa shape index (κ3) is 4.62. The van der Waals surface area contributed by atoms with E-state index in [0.29, 0.717) is 36.8 Å². The molecule has 0 aromatic heterocycles. The Kier molecular flexibility index (Phi) is 6.73. The van der Waals surface area contributed by atoms with Gasteiger partial charge in [-0.2, -0.15) is 0 Å². The fourth-order valence-corrected chi connectivity index (χ4v) is 3.98. The van der Waals surface area contributed by atoms with Crippen molar-refractivity contribution >= 4 is 46.1 Å². The number of methoxy groups -OCH3 is 1. The topological polar surface area (TPSA) is 49.9 Å². The van der Waals surface area contributed by atoms with Gasteiger partial charge in [0.2, 0.25) is 0 Å². The van der Waals surface area contributed by atoms with E-state index in [1.807, 2.05) is 41.3 Å². The molecule has 1 heterocycles. The van der Waals surface area contributed by atoms with E-state index in [4.69, 9.17) is 16.3 Å². The highest BCUT2D eigenvalue weighted by atomic mass is 127. The second-order valence-corrected chi connectivity index (χ2v) is 7.88. The normalized spacial score (nSPS) is 16.0. The quantitative estimate of drug-likeness (QED) is 0.477. The maximum absolute atomic E-state index is 12.8. The lowest BCUT2D eigenvalue weighted by Crippen LogP contribution is -2.51. The van der Waals surface area contributed by atoms with Crippen molar-refractivity contribution in [3.8, 4) is 0 Å². The highest BCUT2D eigenvalue weighted by molar-refractivity contribution is 14.1. The Balaban J connectivity index is 1.72. The fraction of sp³-hybridized carbons (Fsp3) is 0.300. The van der Waals surface area contributed by atoms with Crippen LogP contribution in [0.1, 0.15) is 22.0 Å². The summed E-state index contributed by atoms with van der Waals surface area (Å²) in [6.07, 6.45) is 0. The van der Waals surface area contributed by atoms with E-state index >= 15 is 0 Å². The smallest absolute Gasteiger partial charge is 0.327 e. The van der Waals surface area contributed by atoms with Gasteiger partial charge in [0, 0.05) is 34.8 Å². The van der Waals surface area contributed by atoms with Gasteiger partial charge < -0.3 is 9.64 Å². The lowest BCUT2D eigenvalue weighted by Gasteiger charge is -2.38. The zero-order valence-electron chi connectivity index (χ0n) is 14.9. The Bertz CT molecular complexity index is 820. The number of esters is 1. The highest BCUT2D eigenvalue weighted by Crippen LogP contribution is 2.26. The molecule has 0 spiro atoms. The number of hydrogen-bond donors (Lipinski definition) is 0. The Morgan fingerprint density at radius 2 is 1.67 bits per heavy atom. The minimum Gasteiger partial charge on any atom is -0.468 e. The molecule has 3 rings (SSSR count). The van der Waals surface area contributed by atoms with Crippen molar-refractivity contribution in [3.05, 3.63) is 68.3 Å². The van der Waals surface area contributed by atoms with Crippen molar-refractivity contribution in [2.45, 2.75) is 6.04 Å². The Hall–Kier alpha value is -1.64. The first-order chi connectivity index (χ1) is 13.0. The maximum atomic E-state index is 12.8. The van der Waals surface area contributed by atoms with Crippen LogP contribution in [0.5, 0.6) is 0 Å². The van der Waals surface area contributed by atoms with Gasteiger partial charge in [-0.25, -0.2) is 4.79 Å². The molecule has 27 heavy (non-hydrogen) atoms. The molecule has 1 atom stereocenters. The molecular weight excluding hydrogens is 479 g/mol. The van der Waals surface area contributed by atoms with E-state index in [1.54, 1.807) is 12.1 Å². The average molecular weight is 499 g/mol. The fourth-order valence-electron chi connectivity index (χ4n) is 3.24. The monoisotopic (exact) mass is 498 g/mol. The first-order valence-electron chi connectivity index (χ1n) is 8.62. The van der Waals surface area contributed by atoms with Crippen LogP contribution >= 0.6 is 34.2 Å². The Morgan fingerprint density at radius 1 is 1.04 bits per heavy atom. The van der Waals surface area contributed by atoms with Crippen LogP contribution in [0.15, 0.2) is 48.5 Å². The minimum atomic E-state index is -0.499. The zero-order valence-corrected chi connectivity index (χ0v) is 17.8. The molecular formula is C20H20ClIN2O3. The number of nitrogens with zero attached hydrogens (tertiary/aromatic N) is 2. The molecule has 7 heteroatoms. The summed E-state index contributed by atoms with van der Waals surface area (Å²) in [5.41, 5.74) is 1.55. The van der Waals surface area contributed by atoms with E-state index in [1.165, 1.54) is 7.11 Å². The standard InChI is InChI=1S/C20H20ClIN2O3/c1-27-20(26)18(14-6-8-15(21)9-7-14)23-10-12-24(13-11-23)19(25)16-4-2-3-5-17(16)22/h2-9,18H,10-13H2,1H3. The number of rotatable bonds is 4. The molecule has 0 radical (unpaired) electrons. The summed E-state index contributed by atoms with van der Waals surface area (Å²) in [6.45, 7) is 2.31. The summed E-state index contributed by atoms with van der Waals surface area (Å²) >= 11 is 8.15. The molecule has 1 amide bonds. The van der Waals surface area contributed by atoms with Gasteiger partial charge in [-0.1, -0.05) is 35.9 Å². The second-order valence-electron chi connectivity index (χ2n) is 6.29. The van der Waals surface area contributed by atoms with Crippen molar-refractivity contribution in [3.63, 3.8) is 0 Å². The van der Waals surface area contributed by atoms with Gasteiger partial charge in [0.1, 0.15) is 6.04 Å². The van der Waals surface area contributed by atoms with Crippen molar-refractivity contribution in [2.75, 3.05) is 33.3 Å². The highest BCUT2D eigenvalue weighted by Gasteiger charge is 2.32. The number of amides is 1. The van der Waals surface area contributed by atoms with Gasteiger partial charge in [-0.3, -0.25) is 9.69 Å². The van der Waals surface area contributed by atoms with Gasteiger partial charge in [0.15, 0.2) is 0 Å². The molecule has 1 fully saturated rings.